The Balaban J connectivity index is 2.10. The third-order valence-electron chi connectivity index (χ3n) is 3.42. The zero-order valence-corrected chi connectivity index (χ0v) is 10.5. The summed E-state index contributed by atoms with van der Waals surface area (Å²) in [7, 11) is 0. The number of benzene rings is 2. The molecule has 94 valence electrons. The first-order chi connectivity index (χ1) is 9.31. The van der Waals surface area contributed by atoms with Crippen LogP contribution in [0.25, 0.3) is 0 Å². The largest absolute Gasteiger partial charge is 0.484 e. The highest BCUT2D eigenvalue weighted by Crippen LogP contribution is 2.36. The van der Waals surface area contributed by atoms with E-state index in [1.54, 1.807) is 6.08 Å². The number of fused-ring (bicyclic) bond motifs is 1. The van der Waals surface area contributed by atoms with Gasteiger partial charge >= 0.3 is 0 Å². The van der Waals surface area contributed by atoms with Gasteiger partial charge in [0.2, 0.25) is 0 Å². The fourth-order valence-electron chi connectivity index (χ4n) is 2.49. The van der Waals surface area contributed by atoms with E-state index < -0.39 is 0 Å². The fraction of sp³-hybridized carbons (Fsp3) is 0.118. The number of rotatable bonds is 2. The molecule has 0 fully saturated rings. The lowest BCUT2D eigenvalue weighted by Gasteiger charge is -2.30. The standard InChI is InChI=1S/C17H14O2/c1-2-14-16(12-8-4-3-5-9-12)17(18)13-10-6-7-11-15(13)19-14/h2-11,14,16H,1H2/t14-,16+/m1/s1. The average molecular weight is 250 g/mol. The highest BCUT2D eigenvalue weighted by atomic mass is 16.5. The molecule has 0 saturated carbocycles. The van der Waals surface area contributed by atoms with Crippen LogP contribution in [0.1, 0.15) is 21.8 Å². The summed E-state index contributed by atoms with van der Waals surface area (Å²) in [5.41, 5.74) is 1.61. The molecule has 1 heterocycles. The second-order valence-corrected chi connectivity index (χ2v) is 4.57. The van der Waals surface area contributed by atoms with Crippen LogP contribution < -0.4 is 4.74 Å². The quantitative estimate of drug-likeness (QED) is 0.761. The minimum atomic E-state index is -0.315. The summed E-state index contributed by atoms with van der Waals surface area (Å²) in [6.07, 6.45) is 1.38. The molecule has 1 aliphatic heterocycles. The van der Waals surface area contributed by atoms with Crippen molar-refractivity contribution in [1.82, 2.24) is 0 Å². The lowest BCUT2D eigenvalue weighted by atomic mass is 9.84. The van der Waals surface area contributed by atoms with Gasteiger partial charge in [0, 0.05) is 0 Å². The van der Waals surface area contributed by atoms with Crippen molar-refractivity contribution in [2.24, 2.45) is 0 Å². The van der Waals surface area contributed by atoms with Crippen LogP contribution in [0.4, 0.5) is 0 Å². The fourth-order valence-corrected chi connectivity index (χ4v) is 2.49. The number of hydrogen-bond donors (Lipinski definition) is 0. The molecule has 2 nitrogen and oxygen atoms in total. The second-order valence-electron chi connectivity index (χ2n) is 4.57. The summed E-state index contributed by atoms with van der Waals surface area (Å²) in [5.74, 6) is 0.427. The summed E-state index contributed by atoms with van der Waals surface area (Å²) >= 11 is 0. The van der Waals surface area contributed by atoms with Crippen LogP contribution in [0.3, 0.4) is 0 Å². The van der Waals surface area contributed by atoms with Crippen molar-refractivity contribution in [1.29, 1.82) is 0 Å². The number of ether oxygens (including phenoxy) is 1. The molecule has 2 aromatic rings. The van der Waals surface area contributed by atoms with Gasteiger partial charge in [0.1, 0.15) is 11.9 Å². The maximum atomic E-state index is 12.7. The van der Waals surface area contributed by atoms with Crippen LogP contribution in [0.5, 0.6) is 5.75 Å². The summed E-state index contributed by atoms with van der Waals surface area (Å²) in [6, 6.07) is 17.1. The molecule has 0 spiro atoms. The highest BCUT2D eigenvalue weighted by molar-refractivity contribution is 6.04. The molecule has 2 heteroatoms. The van der Waals surface area contributed by atoms with Gasteiger partial charge in [0.15, 0.2) is 5.78 Å². The van der Waals surface area contributed by atoms with Gasteiger partial charge in [-0.3, -0.25) is 4.79 Å². The Kier molecular flexibility index (Phi) is 2.92. The number of Topliss-reactive ketones (excluding diaryl/α,β-unsaturated/α-hetero) is 1. The van der Waals surface area contributed by atoms with Crippen molar-refractivity contribution >= 4 is 5.78 Å². The summed E-state index contributed by atoms with van der Waals surface area (Å²) in [5, 5.41) is 0. The molecular weight excluding hydrogens is 236 g/mol. The molecule has 2 aromatic carbocycles. The third kappa shape index (κ3) is 1.95. The number of carbonyl (C=O) groups is 1. The van der Waals surface area contributed by atoms with E-state index in [-0.39, 0.29) is 17.8 Å². The Labute approximate surface area is 112 Å². The number of ketones is 1. The zero-order chi connectivity index (χ0) is 13.2. The second kappa shape index (κ2) is 4.73. The first-order valence-corrected chi connectivity index (χ1v) is 6.28. The molecule has 0 saturated heterocycles. The normalized spacial score (nSPS) is 21.4. The van der Waals surface area contributed by atoms with Crippen molar-refractivity contribution in [3.05, 3.63) is 78.4 Å². The van der Waals surface area contributed by atoms with E-state index in [1.807, 2.05) is 54.6 Å². The topological polar surface area (TPSA) is 26.3 Å². The lowest BCUT2D eigenvalue weighted by molar-refractivity contribution is 0.0842. The van der Waals surface area contributed by atoms with Gasteiger partial charge in [-0.25, -0.2) is 0 Å². The van der Waals surface area contributed by atoms with Crippen LogP contribution in [0.2, 0.25) is 0 Å². The Morgan fingerprint density at radius 2 is 1.68 bits per heavy atom. The predicted octanol–water partition coefficient (Wildman–Crippen LogP) is 3.60. The van der Waals surface area contributed by atoms with Crippen molar-refractivity contribution in [3.63, 3.8) is 0 Å². The van der Waals surface area contributed by atoms with Crippen LogP contribution >= 0.6 is 0 Å². The van der Waals surface area contributed by atoms with Crippen LogP contribution in [-0.4, -0.2) is 11.9 Å². The molecule has 1 aliphatic rings. The minimum absolute atomic E-state index is 0.0953. The van der Waals surface area contributed by atoms with Crippen molar-refractivity contribution in [2.45, 2.75) is 12.0 Å². The number of para-hydroxylation sites is 1. The Morgan fingerprint density at radius 3 is 2.42 bits per heavy atom. The van der Waals surface area contributed by atoms with Gasteiger partial charge in [-0.2, -0.15) is 0 Å². The van der Waals surface area contributed by atoms with Crippen molar-refractivity contribution in [2.75, 3.05) is 0 Å². The third-order valence-corrected chi connectivity index (χ3v) is 3.42. The first kappa shape index (κ1) is 11.7. The molecule has 0 N–H and O–H groups in total. The summed E-state index contributed by atoms with van der Waals surface area (Å²) in [4.78, 5) is 12.7. The molecule has 0 radical (unpaired) electrons. The van der Waals surface area contributed by atoms with Gasteiger partial charge in [-0.1, -0.05) is 55.1 Å². The Bertz CT molecular complexity index is 616. The van der Waals surface area contributed by atoms with Gasteiger partial charge in [0.05, 0.1) is 11.5 Å². The Hall–Kier alpha value is -2.35. The highest BCUT2D eigenvalue weighted by Gasteiger charge is 2.36. The molecule has 3 rings (SSSR count). The van der Waals surface area contributed by atoms with Crippen LogP contribution in [0, 0.1) is 0 Å². The molecule has 0 unspecified atom stereocenters. The van der Waals surface area contributed by atoms with E-state index in [2.05, 4.69) is 6.58 Å². The Morgan fingerprint density at radius 1 is 1.00 bits per heavy atom. The smallest absolute Gasteiger partial charge is 0.178 e. The number of carbonyl (C=O) groups excluding carboxylic acids is 1. The zero-order valence-electron chi connectivity index (χ0n) is 10.5. The van der Waals surface area contributed by atoms with E-state index >= 15 is 0 Å². The van der Waals surface area contributed by atoms with Gasteiger partial charge in [-0.05, 0) is 17.7 Å². The summed E-state index contributed by atoms with van der Waals surface area (Å²) in [6.45, 7) is 3.79. The van der Waals surface area contributed by atoms with E-state index in [0.29, 0.717) is 11.3 Å². The van der Waals surface area contributed by atoms with Crippen LogP contribution in [0.15, 0.2) is 67.3 Å². The molecule has 0 amide bonds. The molecule has 0 aliphatic carbocycles. The molecule has 0 aromatic heterocycles. The first-order valence-electron chi connectivity index (χ1n) is 6.28. The van der Waals surface area contributed by atoms with E-state index in [0.717, 1.165) is 5.56 Å². The molecule has 2 atom stereocenters. The van der Waals surface area contributed by atoms with Crippen molar-refractivity contribution < 1.29 is 9.53 Å². The van der Waals surface area contributed by atoms with Crippen molar-refractivity contribution in [3.8, 4) is 5.75 Å². The van der Waals surface area contributed by atoms with E-state index in [9.17, 15) is 4.79 Å². The van der Waals surface area contributed by atoms with E-state index in [1.165, 1.54) is 0 Å². The average Bonchev–Trinajstić information content (AvgIpc) is 2.48. The molecule has 0 bridgehead atoms. The maximum absolute atomic E-state index is 12.7. The number of hydrogen-bond acceptors (Lipinski definition) is 2. The predicted molar refractivity (Wildman–Crippen MR) is 74.6 cm³/mol. The maximum Gasteiger partial charge on any atom is 0.178 e. The van der Waals surface area contributed by atoms with Gasteiger partial charge in [-0.15, -0.1) is 0 Å². The summed E-state index contributed by atoms with van der Waals surface area (Å²) < 4.78 is 5.88. The van der Waals surface area contributed by atoms with Gasteiger partial charge < -0.3 is 4.74 Å². The van der Waals surface area contributed by atoms with Gasteiger partial charge in [0.25, 0.3) is 0 Å². The lowest BCUT2D eigenvalue weighted by Crippen LogP contribution is -2.34. The molecule has 19 heavy (non-hydrogen) atoms. The SMILES string of the molecule is C=C[C@H]1Oc2ccccc2C(=O)[C@H]1c1ccccc1. The minimum Gasteiger partial charge on any atom is -0.484 e. The van der Waals surface area contributed by atoms with E-state index in [4.69, 9.17) is 4.74 Å². The molecular formula is C17H14O2. The monoisotopic (exact) mass is 250 g/mol. The van der Waals surface area contributed by atoms with Crippen LogP contribution in [-0.2, 0) is 0 Å².